The number of carbonyl (C=O) groups is 1. The summed E-state index contributed by atoms with van der Waals surface area (Å²) in [4.78, 5) is 16.3. The summed E-state index contributed by atoms with van der Waals surface area (Å²) in [5.41, 5.74) is 5.42. The van der Waals surface area contributed by atoms with Gasteiger partial charge in [-0.2, -0.15) is 5.10 Å². The van der Waals surface area contributed by atoms with Gasteiger partial charge in [0, 0.05) is 10.4 Å². The van der Waals surface area contributed by atoms with Crippen molar-refractivity contribution in [3.8, 4) is 11.3 Å². The van der Waals surface area contributed by atoms with Crippen LogP contribution in [0, 0.1) is 0 Å². The van der Waals surface area contributed by atoms with E-state index in [9.17, 15) is 4.79 Å². The Labute approximate surface area is 143 Å². The molecule has 0 aliphatic rings. The molecule has 0 aliphatic heterocycles. The van der Waals surface area contributed by atoms with Gasteiger partial charge in [-0.1, -0.05) is 72.0 Å². The Kier molecular flexibility index (Phi) is 4.98. The number of carboxylic acid groups (broad SMARTS) is 1. The van der Waals surface area contributed by atoms with E-state index in [1.54, 1.807) is 6.21 Å². The summed E-state index contributed by atoms with van der Waals surface area (Å²) in [6, 6.07) is 19.2. The molecule has 1 aromatic heterocycles. The first-order valence-corrected chi connectivity index (χ1v) is 8.15. The molecule has 0 bridgehead atoms. The molecule has 0 saturated carbocycles. The van der Waals surface area contributed by atoms with Gasteiger partial charge in [0.25, 0.3) is 0 Å². The van der Waals surface area contributed by atoms with E-state index in [2.05, 4.69) is 15.5 Å². The molecule has 0 saturated heterocycles. The number of hydrogen-bond donors (Lipinski definition) is 2. The smallest absolute Gasteiger partial charge is 0.308 e. The van der Waals surface area contributed by atoms with Crippen molar-refractivity contribution < 1.29 is 9.90 Å². The number of nitrogens with one attached hydrogen (secondary N) is 1. The van der Waals surface area contributed by atoms with Crippen LogP contribution in [0.15, 0.2) is 65.8 Å². The predicted octanol–water partition coefficient (Wildman–Crippen LogP) is 3.88. The van der Waals surface area contributed by atoms with E-state index in [0.717, 1.165) is 11.1 Å². The molecule has 2 aromatic carbocycles. The van der Waals surface area contributed by atoms with E-state index in [1.165, 1.54) is 11.3 Å². The molecule has 1 heterocycles. The van der Waals surface area contributed by atoms with Gasteiger partial charge in [0.05, 0.1) is 18.3 Å². The van der Waals surface area contributed by atoms with Gasteiger partial charge in [0.1, 0.15) is 0 Å². The SMILES string of the molecule is O=C(O)Cc1sc(NN=Cc2ccccc2)nc1-c1ccccc1. The molecule has 0 atom stereocenters. The molecule has 0 aliphatic carbocycles. The molecule has 0 fully saturated rings. The molecule has 0 spiro atoms. The molecule has 0 unspecified atom stereocenters. The Morgan fingerprint density at radius 1 is 1.12 bits per heavy atom. The van der Waals surface area contributed by atoms with E-state index in [-0.39, 0.29) is 6.42 Å². The molecule has 3 rings (SSSR count). The summed E-state index contributed by atoms with van der Waals surface area (Å²) in [5.74, 6) is -0.879. The number of aliphatic carboxylic acids is 1. The number of thiazole rings is 1. The van der Waals surface area contributed by atoms with Crippen LogP contribution in [0.5, 0.6) is 0 Å². The van der Waals surface area contributed by atoms with Gasteiger partial charge < -0.3 is 5.11 Å². The van der Waals surface area contributed by atoms with Crippen LogP contribution in [0.25, 0.3) is 11.3 Å². The summed E-state index contributed by atoms with van der Waals surface area (Å²) in [5, 5.41) is 13.8. The molecular weight excluding hydrogens is 322 g/mol. The lowest BCUT2D eigenvalue weighted by Gasteiger charge is -1.99. The van der Waals surface area contributed by atoms with Crippen molar-refractivity contribution in [1.29, 1.82) is 0 Å². The molecule has 2 N–H and O–H groups in total. The largest absolute Gasteiger partial charge is 0.481 e. The van der Waals surface area contributed by atoms with Gasteiger partial charge in [-0.3, -0.25) is 10.2 Å². The maximum atomic E-state index is 11.1. The van der Waals surface area contributed by atoms with Gasteiger partial charge in [0.2, 0.25) is 5.13 Å². The van der Waals surface area contributed by atoms with Crippen molar-refractivity contribution in [2.75, 3.05) is 5.43 Å². The molecular formula is C18H15N3O2S. The Bertz CT molecular complexity index is 845. The molecule has 6 heteroatoms. The van der Waals surface area contributed by atoms with E-state index >= 15 is 0 Å². The number of benzene rings is 2. The Hall–Kier alpha value is -2.99. The van der Waals surface area contributed by atoms with Gasteiger partial charge in [-0.15, -0.1) is 0 Å². The monoisotopic (exact) mass is 337 g/mol. The second kappa shape index (κ2) is 7.52. The lowest BCUT2D eigenvalue weighted by Crippen LogP contribution is -1.99. The number of carboxylic acids is 1. The van der Waals surface area contributed by atoms with Crippen LogP contribution in [0.3, 0.4) is 0 Å². The number of rotatable bonds is 6. The standard InChI is InChI=1S/C18H15N3O2S/c22-16(23)11-15-17(14-9-5-2-6-10-14)20-18(24-15)21-19-12-13-7-3-1-4-8-13/h1-10,12H,11H2,(H,20,21)(H,22,23). The van der Waals surface area contributed by atoms with Crippen LogP contribution < -0.4 is 5.43 Å². The highest BCUT2D eigenvalue weighted by Gasteiger charge is 2.15. The Morgan fingerprint density at radius 2 is 1.79 bits per heavy atom. The van der Waals surface area contributed by atoms with Crippen LogP contribution >= 0.6 is 11.3 Å². The maximum Gasteiger partial charge on any atom is 0.308 e. The third-order valence-electron chi connectivity index (χ3n) is 3.23. The average Bonchev–Trinajstić information content (AvgIpc) is 2.98. The fraction of sp³-hybridized carbons (Fsp3) is 0.0556. The van der Waals surface area contributed by atoms with E-state index < -0.39 is 5.97 Å². The van der Waals surface area contributed by atoms with E-state index in [1.807, 2.05) is 60.7 Å². The third kappa shape index (κ3) is 4.05. The summed E-state index contributed by atoms with van der Waals surface area (Å²) < 4.78 is 0. The van der Waals surface area contributed by atoms with Crippen molar-refractivity contribution in [2.45, 2.75) is 6.42 Å². The van der Waals surface area contributed by atoms with E-state index in [0.29, 0.717) is 15.7 Å². The van der Waals surface area contributed by atoms with Crippen LogP contribution in [-0.2, 0) is 11.2 Å². The normalized spacial score (nSPS) is 10.8. The van der Waals surface area contributed by atoms with Gasteiger partial charge in [0.15, 0.2) is 0 Å². The minimum atomic E-state index is -0.879. The van der Waals surface area contributed by atoms with Crippen molar-refractivity contribution in [1.82, 2.24) is 4.98 Å². The fourth-order valence-electron chi connectivity index (χ4n) is 2.18. The average molecular weight is 337 g/mol. The minimum Gasteiger partial charge on any atom is -0.481 e. The lowest BCUT2D eigenvalue weighted by atomic mass is 10.1. The zero-order chi connectivity index (χ0) is 16.8. The fourth-order valence-corrected chi connectivity index (χ4v) is 3.10. The second-order valence-electron chi connectivity index (χ2n) is 5.01. The molecule has 120 valence electrons. The van der Waals surface area contributed by atoms with Crippen LogP contribution in [0.2, 0.25) is 0 Å². The molecule has 3 aromatic rings. The number of hydrazone groups is 1. The third-order valence-corrected chi connectivity index (χ3v) is 4.19. The van der Waals surface area contributed by atoms with Crippen molar-refractivity contribution in [3.63, 3.8) is 0 Å². The van der Waals surface area contributed by atoms with Crippen LogP contribution in [-0.4, -0.2) is 22.3 Å². The Morgan fingerprint density at radius 3 is 2.46 bits per heavy atom. The quantitative estimate of drug-likeness (QED) is 0.529. The summed E-state index contributed by atoms with van der Waals surface area (Å²) in [6.45, 7) is 0. The van der Waals surface area contributed by atoms with E-state index in [4.69, 9.17) is 5.11 Å². The van der Waals surface area contributed by atoms with Crippen molar-refractivity contribution >= 4 is 28.7 Å². The second-order valence-corrected chi connectivity index (χ2v) is 6.09. The lowest BCUT2D eigenvalue weighted by molar-refractivity contribution is -0.136. The highest BCUT2D eigenvalue weighted by atomic mass is 32.1. The first-order chi connectivity index (χ1) is 11.7. The molecule has 0 amide bonds. The summed E-state index contributed by atoms with van der Waals surface area (Å²) >= 11 is 1.30. The first-order valence-electron chi connectivity index (χ1n) is 7.33. The van der Waals surface area contributed by atoms with Crippen LogP contribution in [0.4, 0.5) is 5.13 Å². The number of nitrogens with zero attached hydrogens (tertiary/aromatic N) is 2. The molecule has 24 heavy (non-hydrogen) atoms. The minimum absolute atomic E-state index is 0.0635. The van der Waals surface area contributed by atoms with Crippen LogP contribution in [0.1, 0.15) is 10.4 Å². The zero-order valence-corrected chi connectivity index (χ0v) is 13.5. The number of aromatic nitrogens is 1. The zero-order valence-electron chi connectivity index (χ0n) is 12.7. The topological polar surface area (TPSA) is 74.6 Å². The molecule has 5 nitrogen and oxygen atoms in total. The summed E-state index contributed by atoms with van der Waals surface area (Å²) in [6.07, 6.45) is 1.63. The highest BCUT2D eigenvalue weighted by Crippen LogP contribution is 2.31. The van der Waals surface area contributed by atoms with Gasteiger partial charge in [-0.05, 0) is 5.56 Å². The highest BCUT2D eigenvalue weighted by molar-refractivity contribution is 7.16. The number of anilines is 1. The maximum absolute atomic E-state index is 11.1. The Balaban J connectivity index is 1.82. The first kappa shape index (κ1) is 15.9. The molecule has 0 radical (unpaired) electrons. The van der Waals surface area contributed by atoms with Gasteiger partial charge >= 0.3 is 5.97 Å². The predicted molar refractivity (Wildman–Crippen MR) is 96.5 cm³/mol. The van der Waals surface area contributed by atoms with Gasteiger partial charge in [-0.25, -0.2) is 4.98 Å². The van der Waals surface area contributed by atoms with Crippen molar-refractivity contribution in [3.05, 3.63) is 71.1 Å². The van der Waals surface area contributed by atoms with Crippen molar-refractivity contribution in [2.24, 2.45) is 5.10 Å². The number of hydrogen-bond acceptors (Lipinski definition) is 5. The summed E-state index contributed by atoms with van der Waals surface area (Å²) in [7, 11) is 0.